The summed E-state index contributed by atoms with van der Waals surface area (Å²) in [6.45, 7) is 3.24. The van der Waals surface area contributed by atoms with Crippen LogP contribution in [0, 0.1) is 0 Å². The van der Waals surface area contributed by atoms with Crippen molar-refractivity contribution in [2.45, 2.75) is 13.3 Å². The van der Waals surface area contributed by atoms with Crippen LogP contribution in [0.25, 0.3) is 11.3 Å². The number of anilines is 1. The van der Waals surface area contributed by atoms with Crippen LogP contribution in [0.3, 0.4) is 0 Å². The zero-order valence-corrected chi connectivity index (χ0v) is 12.9. The van der Waals surface area contributed by atoms with Gasteiger partial charge in [-0.1, -0.05) is 6.92 Å². The highest BCUT2D eigenvalue weighted by atomic mass is 16.5. The lowest BCUT2D eigenvalue weighted by molar-refractivity contribution is 0.0695. The first-order chi connectivity index (χ1) is 11.0. The Balaban J connectivity index is 2.13. The molecule has 0 unspecified atom stereocenters. The molecular formula is C16H17N3O4. The van der Waals surface area contributed by atoms with E-state index in [4.69, 9.17) is 9.84 Å². The van der Waals surface area contributed by atoms with Crippen LogP contribution < -0.4 is 15.2 Å². The second-order valence-corrected chi connectivity index (χ2v) is 5.39. The first-order valence-corrected chi connectivity index (χ1v) is 7.35. The zero-order valence-electron chi connectivity index (χ0n) is 12.9. The monoisotopic (exact) mass is 315 g/mol. The molecule has 3 heterocycles. The third-order valence-electron chi connectivity index (χ3n) is 3.90. The molecule has 0 bridgehead atoms. The molecule has 1 aliphatic heterocycles. The van der Waals surface area contributed by atoms with Gasteiger partial charge in [-0.25, -0.2) is 9.78 Å². The van der Waals surface area contributed by atoms with Crippen molar-refractivity contribution in [3.8, 4) is 17.0 Å². The molecule has 2 N–H and O–H groups in total. The molecule has 0 saturated heterocycles. The first kappa shape index (κ1) is 15.1. The Morgan fingerprint density at radius 1 is 1.48 bits per heavy atom. The molecule has 0 aliphatic carbocycles. The summed E-state index contributed by atoms with van der Waals surface area (Å²) in [5.41, 5.74) is 1.14. The van der Waals surface area contributed by atoms with E-state index < -0.39 is 11.5 Å². The number of aromatic nitrogens is 2. The summed E-state index contributed by atoms with van der Waals surface area (Å²) in [6.07, 6.45) is 2.25. The third-order valence-corrected chi connectivity index (χ3v) is 3.90. The van der Waals surface area contributed by atoms with Crippen LogP contribution in [-0.4, -0.2) is 41.2 Å². The number of aryl methyl sites for hydroxylation is 1. The van der Waals surface area contributed by atoms with E-state index >= 15 is 0 Å². The summed E-state index contributed by atoms with van der Waals surface area (Å²) in [5, 5.41) is 9.08. The van der Waals surface area contributed by atoms with Crippen LogP contribution in [-0.2, 0) is 6.42 Å². The van der Waals surface area contributed by atoms with Crippen molar-refractivity contribution in [1.29, 1.82) is 0 Å². The van der Waals surface area contributed by atoms with Gasteiger partial charge in [-0.3, -0.25) is 4.79 Å². The van der Waals surface area contributed by atoms with E-state index in [1.54, 1.807) is 6.20 Å². The Morgan fingerprint density at radius 2 is 2.26 bits per heavy atom. The Morgan fingerprint density at radius 3 is 2.96 bits per heavy atom. The van der Waals surface area contributed by atoms with Gasteiger partial charge < -0.3 is 19.7 Å². The average Bonchev–Trinajstić information content (AvgIpc) is 2.54. The normalized spacial score (nSPS) is 13.4. The number of aromatic amines is 1. The Hall–Kier alpha value is -2.83. The number of H-pyrrole nitrogens is 1. The number of carboxylic acid groups (broad SMARTS) is 1. The van der Waals surface area contributed by atoms with Crippen molar-refractivity contribution in [1.82, 2.24) is 9.97 Å². The van der Waals surface area contributed by atoms with Gasteiger partial charge in [0.2, 0.25) is 0 Å². The van der Waals surface area contributed by atoms with Crippen LogP contribution in [0.4, 0.5) is 5.82 Å². The number of hydrogen-bond acceptors (Lipinski definition) is 5. The summed E-state index contributed by atoms with van der Waals surface area (Å²) in [7, 11) is 1.94. The van der Waals surface area contributed by atoms with Gasteiger partial charge in [-0.2, -0.15) is 0 Å². The molecule has 0 aromatic carbocycles. The van der Waals surface area contributed by atoms with Crippen molar-refractivity contribution >= 4 is 11.8 Å². The molecule has 7 heteroatoms. The molecule has 0 atom stereocenters. The number of pyridine rings is 2. The van der Waals surface area contributed by atoms with E-state index in [0.717, 1.165) is 17.9 Å². The van der Waals surface area contributed by atoms with E-state index in [1.807, 2.05) is 24.9 Å². The van der Waals surface area contributed by atoms with Crippen LogP contribution in [0.5, 0.6) is 5.75 Å². The first-order valence-electron chi connectivity index (χ1n) is 7.35. The van der Waals surface area contributed by atoms with Crippen molar-refractivity contribution < 1.29 is 14.6 Å². The van der Waals surface area contributed by atoms with E-state index in [1.165, 1.54) is 6.07 Å². The van der Waals surface area contributed by atoms with Gasteiger partial charge in [-0.05, 0) is 24.1 Å². The lowest BCUT2D eigenvalue weighted by Crippen LogP contribution is -2.29. The maximum absolute atomic E-state index is 12.0. The quantitative estimate of drug-likeness (QED) is 0.892. The average molecular weight is 315 g/mol. The topological polar surface area (TPSA) is 95.5 Å². The molecule has 120 valence electrons. The molecule has 0 radical (unpaired) electrons. The number of ether oxygens (including phenoxy) is 1. The summed E-state index contributed by atoms with van der Waals surface area (Å²) in [6, 6.07) is 3.24. The number of rotatable bonds is 3. The number of aromatic carboxylic acids is 1. The van der Waals surface area contributed by atoms with E-state index in [2.05, 4.69) is 9.97 Å². The number of carbonyl (C=O) groups is 1. The predicted octanol–water partition coefficient (Wildman–Crippen LogP) is 1.53. The Bertz CT molecular complexity index is 829. The minimum absolute atomic E-state index is 0.257. The van der Waals surface area contributed by atoms with Crippen molar-refractivity contribution in [2.24, 2.45) is 0 Å². The number of likely N-dealkylation sites (N-methyl/N-ethyl adjacent to an activating group) is 1. The maximum atomic E-state index is 12.0. The van der Waals surface area contributed by atoms with Crippen LogP contribution >= 0.6 is 0 Å². The van der Waals surface area contributed by atoms with Gasteiger partial charge in [0.25, 0.3) is 5.56 Å². The lowest BCUT2D eigenvalue weighted by Gasteiger charge is -2.26. The zero-order chi connectivity index (χ0) is 16.6. The lowest BCUT2D eigenvalue weighted by atomic mass is 10.0. The summed E-state index contributed by atoms with van der Waals surface area (Å²) < 4.78 is 5.63. The highest BCUT2D eigenvalue weighted by Crippen LogP contribution is 2.32. The van der Waals surface area contributed by atoms with Gasteiger partial charge in [0.05, 0.1) is 12.2 Å². The van der Waals surface area contributed by atoms with Crippen molar-refractivity contribution in [3.05, 3.63) is 39.8 Å². The highest BCUT2D eigenvalue weighted by Gasteiger charge is 2.19. The molecule has 1 aliphatic rings. The summed E-state index contributed by atoms with van der Waals surface area (Å²) in [5.74, 6) is 0.171. The Kier molecular flexibility index (Phi) is 3.77. The Labute approximate surface area is 132 Å². The fourth-order valence-electron chi connectivity index (χ4n) is 2.63. The maximum Gasteiger partial charge on any atom is 0.341 e. The SMILES string of the molecule is CCc1cc(C(=O)O)c(=O)[nH]c1-c1cnc2c(c1)OCCN2C. The molecule has 23 heavy (non-hydrogen) atoms. The molecule has 0 amide bonds. The van der Waals surface area contributed by atoms with Gasteiger partial charge in [0.15, 0.2) is 11.6 Å². The molecule has 0 spiro atoms. The fraction of sp³-hybridized carbons (Fsp3) is 0.312. The van der Waals surface area contributed by atoms with Crippen LogP contribution in [0.15, 0.2) is 23.1 Å². The molecular weight excluding hydrogens is 298 g/mol. The van der Waals surface area contributed by atoms with Crippen LogP contribution in [0.2, 0.25) is 0 Å². The molecule has 3 rings (SSSR count). The second kappa shape index (κ2) is 5.75. The minimum Gasteiger partial charge on any atom is -0.488 e. The van der Waals surface area contributed by atoms with E-state index in [9.17, 15) is 9.59 Å². The van der Waals surface area contributed by atoms with Gasteiger partial charge in [0.1, 0.15) is 12.2 Å². The highest BCUT2D eigenvalue weighted by molar-refractivity contribution is 5.88. The third kappa shape index (κ3) is 2.65. The van der Waals surface area contributed by atoms with Gasteiger partial charge >= 0.3 is 5.97 Å². The number of fused-ring (bicyclic) bond motifs is 1. The number of hydrogen-bond donors (Lipinski definition) is 2. The van der Waals surface area contributed by atoms with E-state index in [-0.39, 0.29) is 5.56 Å². The summed E-state index contributed by atoms with van der Waals surface area (Å²) in [4.78, 5) is 32.1. The molecule has 7 nitrogen and oxygen atoms in total. The van der Waals surface area contributed by atoms with E-state index in [0.29, 0.717) is 30.0 Å². The standard InChI is InChI=1S/C16H17N3O4/c1-3-9-6-11(16(21)22)15(20)18-13(9)10-7-12-14(17-8-10)19(2)4-5-23-12/h6-8H,3-5H2,1-2H3,(H,18,20)(H,21,22). The van der Waals surface area contributed by atoms with Crippen molar-refractivity contribution in [2.75, 3.05) is 25.1 Å². The largest absolute Gasteiger partial charge is 0.488 e. The number of nitrogens with one attached hydrogen (secondary N) is 1. The number of carboxylic acids is 1. The van der Waals surface area contributed by atoms with Crippen LogP contribution in [0.1, 0.15) is 22.8 Å². The number of nitrogens with zero attached hydrogens (tertiary/aromatic N) is 2. The van der Waals surface area contributed by atoms with Gasteiger partial charge in [-0.15, -0.1) is 0 Å². The molecule has 0 saturated carbocycles. The summed E-state index contributed by atoms with van der Waals surface area (Å²) >= 11 is 0. The predicted molar refractivity (Wildman–Crippen MR) is 85.4 cm³/mol. The minimum atomic E-state index is -1.24. The van der Waals surface area contributed by atoms with Gasteiger partial charge in [0, 0.05) is 18.8 Å². The molecule has 2 aromatic rings. The fourth-order valence-corrected chi connectivity index (χ4v) is 2.63. The second-order valence-electron chi connectivity index (χ2n) is 5.39. The smallest absolute Gasteiger partial charge is 0.341 e. The molecule has 0 fully saturated rings. The van der Waals surface area contributed by atoms with Crippen molar-refractivity contribution in [3.63, 3.8) is 0 Å². The molecule has 2 aromatic heterocycles.